The summed E-state index contributed by atoms with van der Waals surface area (Å²) in [5, 5.41) is 4.85. The van der Waals surface area contributed by atoms with Gasteiger partial charge in [0.05, 0.1) is 0 Å². The molecular formula is C15H19BrN2. The van der Waals surface area contributed by atoms with E-state index >= 15 is 0 Å². The molecule has 0 spiro atoms. The molecule has 0 amide bonds. The summed E-state index contributed by atoms with van der Waals surface area (Å²) in [4.78, 5) is 3.66. The number of fused-ring (bicyclic) bond motifs is 1. The lowest BCUT2D eigenvalue weighted by Crippen LogP contribution is -2.28. The van der Waals surface area contributed by atoms with Gasteiger partial charge in [-0.15, -0.1) is 0 Å². The van der Waals surface area contributed by atoms with Crippen LogP contribution < -0.4 is 5.32 Å². The number of aryl methyl sites for hydroxylation is 2. The van der Waals surface area contributed by atoms with Gasteiger partial charge < -0.3 is 10.3 Å². The van der Waals surface area contributed by atoms with Crippen molar-refractivity contribution in [2.75, 3.05) is 13.1 Å². The molecule has 0 bridgehead atoms. The molecule has 1 fully saturated rings. The Labute approximate surface area is 116 Å². The SMILES string of the molecule is Cc1ccc(C)c2c(Br)c(C3CCCNC3)[nH]c12. The van der Waals surface area contributed by atoms with Crippen LogP contribution in [-0.2, 0) is 0 Å². The number of nitrogens with one attached hydrogen (secondary N) is 2. The summed E-state index contributed by atoms with van der Waals surface area (Å²) in [6.07, 6.45) is 2.54. The second-order valence-electron chi connectivity index (χ2n) is 5.35. The van der Waals surface area contributed by atoms with Crippen LogP contribution in [0.4, 0.5) is 0 Å². The number of hydrogen-bond acceptors (Lipinski definition) is 1. The Balaban J connectivity index is 2.16. The molecule has 1 unspecified atom stereocenters. The third kappa shape index (κ3) is 1.90. The van der Waals surface area contributed by atoms with Crippen LogP contribution in [0.1, 0.15) is 35.6 Å². The lowest BCUT2D eigenvalue weighted by atomic mass is 9.96. The molecule has 0 aliphatic carbocycles. The maximum absolute atomic E-state index is 3.81. The van der Waals surface area contributed by atoms with Crippen LogP contribution in [0.2, 0.25) is 0 Å². The van der Waals surface area contributed by atoms with Crippen molar-refractivity contribution >= 4 is 26.8 Å². The predicted octanol–water partition coefficient (Wildman–Crippen LogP) is 4.01. The van der Waals surface area contributed by atoms with Gasteiger partial charge in [0.2, 0.25) is 0 Å². The average molecular weight is 307 g/mol. The van der Waals surface area contributed by atoms with Gasteiger partial charge in [0.1, 0.15) is 0 Å². The smallest absolute Gasteiger partial charge is 0.0500 e. The predicted molar refractivity (Wildman–Crippen MR) is 80.3 cm³/mol. The Morgan fingerprint density at radius 3 is 2.67 bits per heavy atom. The van der Waals surface area contributed by atoms with Gasteiger partial charge in [-0.3, -0.25) is 0 Å². The van der Waals surface area contributed by atoms with Gasteiger partial charge in [-0.2, -0.15) is 0 Å². The third-order valence-electron chi connectivity index (χ3n) is 4.04. The molecule has 3 heteroatoms. The molecule has 2 nitrogen and oxygen atoms in total. The van der Waals surface area contributed by atoms with Crippen LogP contribution >= 0.6 is 15.9 Å². The first-order valence-electron chi connectivity index (χ1n) is 6.66. The Morgan fingerprint density at radius 1 is 1.22 bits per heavy atom. The Hall–Kier alpha value is -0.800. The van der Waals surface area contributed by atoms with Crippen molar-refractivity contribution in [2.45, 2.75) is 32.6 Å². The minimum Gasteiger partial charge on any atom is -0.357 e. The molecule has 1 saturated heterocycles. The van der Waals surface area contributed by atoms with Crippen molar-refractivity contribution in [1.29, 1.82) is 0 Å². The average Bonchev–Trinajstić information content (AvgIpc) is 2.74. The van der Waals surface area contributed by atoms with E-state index in [4.69, 9.17) is 0 Å². The van der Waals surface area contributed by atoms with E-state index in [-0.39, 0.29) is 0 Å². The first-order chi connectivity index (χ1) is 8.68. The van der Waals surface area contributed by atoms with Crippen molar-refractivity contribution in [3.05, 3.63) is 33.4 Å². The highest BCUT2D eigenvalue weighted by Crippen LogP contribution is 2.37. The zero-order valence-electron chi connectivity index (χ0n) is 10.9. The molecule has 1 aliphatic heterocycles. The number of benzene rings is 1. The number of halogens is 1. The standard InChI is InChI=1S/C15H19BrN2/c1-9-5-6-10(2)14-12(9)13(16)15(18-14)11-4-3-7-17-8-11/h5-6,11,17-18H,3-4,7-8H2,1-2H3. The summed E-state index contributed by atoms with van der Waals surface area (Å²) in [5.74, 6) is 0.610. The minimum atomic E-state index is 0.610. The van der Waals surface area contributed by atoms with Crippen molar-refractivity contribution in [3.8, 4) is 0 Å². The number of aromatic amines is 1. The summed E-state index contributed by atoms with van der Waals surface area (Å²) in [7, 11) is 0. The van der Waals surface area contributed by atoms with Gasteiger partial charge in [0, 0.05) is 33.5 Å². The molecule has 2 aromatic rings. The number of H-pyrrole nitrogens is 1. The van der Waals surface area contributed by atoms with Gasteiger partial charge in [-0.25, -0.2) is 0 Å². The van der Waals surface area contributed by atoms with E-state index in [1.54, 1.807) is 0 Å². The second kappa shape index (κ2) is 4.71. The molecular weight excluding hydrogens is 288 g/mol. The van der Waals surface area contributed by atoms with Crippen molar-refractivity contribution < 1.29 is 0 Å². The topological polar surface area (TPSA) is 27.8 Å². The first kappa shape index (κ1) is 12.2. The summed E-state index contributed by atoms with van der Waals surface area (Å²) in [6.45, 7) is 6.60. The fourth-order valence-corrected chi connectivity index (χ4v) is 3.89. The van der Waals surface area contributed by atoms with Crippen molar-refractivity contribution in [1.82, 2.24) is 10.3 Å². The molecule has 1 aliphatic rings. The molecule has 96 valence electrons. The largest absolute Gasteiger partial charge is 0.357 e. The summed E-state index contributed by atoms with van der Waals surface area (Å²) in [6, 6.07) is 4.41. The molecule has 18 heavy (non-hydrogen) atoms. The van der Waals surface area contributed by atoms with Gasteiger partial charge in [0.15, 0.2) is 0 Å². The highest BCUT2D eigenvalue weighted by atomic mass is 79.9. The van der Waals surface area contributed by atoms with E-state index in [9.17, 15) is 0 Å². The molecule has 1 atom stereocenters. The molecule has 3 rings (SSSR count). The number of piperidine rings is 1. The van der Waals surface area contributed by atoms with Crippen molar-refractivity contribution in [2.24, 2.45) is 0 Å². The second-order valence-corrected chi connectivity index (χ2v) is 6.14. The monoisotopic (exact) mass is 306 g/mol. The van der Waals surface area contributed by atoms with Crippen LogP contribution in [0, 0.1) is 13.8 Å². The fraction of sp³-hybridized carbons (Fsp3) is 0.467. The van der Waals surface area contributed by atoms with Gasteiger partial charge >= 0.3 is 0 Å². The minimum absolute atomic E-state index is 0.610. The van der Waals surface area contributed by atoms with E-state index in [1.165, 1.54) is 45.0 Å². The highest BCUT2D eigenvalue weighted by Gasteiger charge is 2.22. The lowest BCUT2D eigenvalue weighted by molar-refractivity contribution is 0.455. The van der Waals surface area contributed by atoms with E-state index in [0.29, 0.717) is 5.92 Å². The summed E-state index contributed by atoms with van der Waals surface area (Å²) >= 11 is 3.81. The van der Waals surface area contributed by atoms with Gasteiger partial charge in [-0.05, 0) is 60.3 Å². The highest BCUT2D eigenvalue weighted by molar-refractivity contribution is 9.10. The molecule has 1 aromatic carbocycles. The number of rotatable bonds is 1. The van der Waals surface area contributed by atoms with E-state index in [0.717, 1.165) is 13.1 Å². The fourth-order valence-electron chi connectivity index (χ4n) is 2.96. The molecule has 2 N–H and O–H groups in total. The molecule has 0 radical (unpaired) electrons. The van der Waals surface area contributed by atoms with Gasteiger partial charge in [0.25, 0.3) is 0 Å². The molecule has 2 heterocycles. The van der Waals surface area contributed by atoms with E-state index in [2.05, 4.69) is 52.2 Å². The van der Waals surface area contributed by atoms with Crippen LogP contribution in [0.5, 0.6) is 0 Å². The summed E-state index contributed by atoms with van der Waals surface area (Å²) in [5.41, 5.74) is 5.33. The van der Waals surface area contributed by atoms with Crippen LogP contribution in [0.25, 0.3) is 10.9 Å². The van der Waals surface area contributed by atoms with E-state index in [1.807, 2.05) is 0 Å². The maximum Gasteiger partial charge on any atom is 0.0500 e. The Bertz CT molecular complexity index is 580. The number of aromatic nitrogens is 1. The van der Waals surface area contributed by atoms with Crippen LogP contribution in [0.15, 0.2) is 16.6 Å². The Morgan fingerprint density at radius 2 is 2.00 bits per heavy atom. The maximum atomic E-state index is 3.81. The normalized spacial score (nSPS) is 20.5. The Kier molecular flexibility index (Phi) is 3.20. The molecule has 0 saturated carbocycles. The van der Waals surface area contributed by atoms with Crippen molar-refractivity contribution in [3.63, 3.8) is 0 Å². The first-order valence-corrected chi connectivity index (χ1v) is 7.45. The van der Waals surface area contributed by atoms with Crippen LogP contribution in [0.3, 0.4) is 0 Å². The van der Waals surface area contributed by atoms with E-state index < -0.39 is 0 Å². The number of hydrogen-bond donors (Lipinski definition) is 2. The zero-order valence-corrected chi connectivity index (χ0v) is 12.5. The molecule has 1 aromatic heterocycles. The lowest BCUT2D eigenvalue weighted by Gasteiger charge is -2.22. The van der Waals surface area contributed by atoms with Gasteiger partial charge in [-0.1, -0.05) is 12.1 Å². The third-order valence-corrected chi connectivity index (χ3v) is 4.87. The van der Waals surface area contributed by atoms with Crippen LogP contribution in [-0.4, -0.2) is 18.1 Å². The quantitative estimate of drug-likeness (QED) is 0.818. The summed E-state index contributed by atoms with van der Waals surface area (Å²) < 4.78 is 1.27. The zero-order chi connectivity index (χ0) is 12.7.